The molecule has 8 heteroatoms. The molecule has 3 aliphatic rings. The normalized spacial score (nSPS) is 32.9. The highest BCUT2D eigenvalue weighted by atomic mass is 32.2. The zero-order valence-corrected chi connectivity index (χ0v) is 15.9. The third-order valence-electron chi connectivity index (χ3n) is 6.37. The van der Waals surface area contributed by atoms with Crippen molar-refractivity contribution >= 4 is 26.9 Å². The largest absolute Gasteiger partial charge is 0.451 e. The third kappa shape index (κ3) is 2.69. The molecular weight excluding hydrogens is 368 g/mol. The van der Waals surface area contributed by atoms with Gasteiger partial charge in [-0.3, -0.25) is 4.79 Å². The van der Waals surface area contributed by atoms with Gasteiger partial charge in [0.2, 0.25) is 10.0 Å². The summed E-state index contributed by atoms with van der Waals surface area (Å²) in [6.07, 6.45) is 3.14. The second-order valence-corrected chi connectivity index (χ2v) is 9.93. The van der Waals surface area contributed by atoms with Crippen LogP contribution in [0.2, 0.25) is 0 Å². The minimum Gasteiger partial charge on any atom is -0.451 e. The van der Waals surface area contributed by atoms with Gasteiger partial charge in [0.1, 0.15) is 5.58 Å². The van der Waals surface area contributed by atoms with Crippen molar-refractivity contribution in [3.63, 3.8) is 0 Å². The summed E-state index contributed by atoms with van der Waals surface area (Å²) in [5.41, 5.74) is 0.312. The molecule has 4 heterocycles. The summed E-state index contributed by atoms with van der Waals surface area (Å²) in [4.78, 5) is 12.5. The van der Waals surface area contributed by atoms with Gasteiger partial charge in [-0.25, -0.2) is 8.42 Å². The van der Waals surface area contributed by atoms with Crippen LogP contribution in [0.4, 0.5) is 0 Å². The number of nitrogens with one attached hydrogen (secondary N) is 1. The van der Waals surface area contributed by atoms with Gasteiger partial charge in [0, 0.05) is 36.9 Å². The van der Waals surface area contributed by atoms with Crippen LogP contribution in [0.1, 0.15) is 23.4 Å². The molecule has 1 amide bonds. The Morgan fingerprint density at radius 3 is 2.96 bits per heavy atom. The van der Waals surface area contributed by atoms with Crippen LogP contribution >= 0.6 is 0 Å². The first kappa shape index (κ1) is 17.2. The first-order chi connectivity index (χ1) is 12.9. The molecule has 0 saturated carbocycles. The van der Waals surface area contributed by atoms with E-state index < -0.39 is 10.0 Å². The van der Waals surface area contributed by atoms with Crippen molar-refractivity contribution in [2.45, 2.75) is 24.5 Å². The Labute approximate surface area is 157 Å². The zero-order chi connectivity index (χ0) is 18.8. The van der Waals surface area contributed by atoms with E-state index in [-0.39, 0.29) is 29.4 Å². The number of amides is 1. The van der Waals surface area contributed by atoms with Gasteiger partial charge in [0.25, 0.3) is 5.91 Å². The summed E-state index contributed by atoms with van der Waals surface area (Å²) < 4.78 is 37.3. The van der Waals surface area contributed by atoms with Gasteiger partial charge in [-0.05, 0) is 25.0 Å². The first-order valence-electron chi connectivity index (χ1n) is 9.25. The molecule has 1 aromatic heterocycles. The summed E-state index contributed by atoms with van der Waals surface area (Å²) in [7, 11) is -3.24. The molecular formula is C19H22N2O5S. The lowest BCUT2D eigenvalue weighted by Crippen LogP contribution is -2.41. The quantitative estimate of drug-likeness (QED) is 0.857. The van der Waals surface area contributed by atoms with Crippen molar-refractivity contribution < 1.29 is 22.4 Å². The van der Waals surface area contributed by atoms with Crippen LogP contribution < -0.4 is 5.32 Å². The molecule has 4 atom stereocenters. The minimum absolute atomic E-state index is 0.0904. The van der Waals surface area contributed by atoms with Gasteiger partial charge in [0.15, 0.2) is 5.76 Å². The number of hydrogen-bond donors (Lipinski definition) is 1. The van der Waals surface area contributed by atoms with Crippen molar-refractivity contribution in [1.82, 2.24) is 9.62 Å². The number of rotatable bonds is 4. The highest BCUT2D eigenvalue weighted by molar-refractivity contribution is 7.88. The van der Waals surface area contributed by atoms with Crippen molar-refractivity contribution in [1.29, 1.82) is 0 Å². The van der Waals surface area contributed by atoms with Gasteiger partial charge in [-0.15, -0.1) is 0 Å². The molecule has 144 valence electrons. The standard InChI is InChI=1S/C19H22N2O5S/c1-27(23,24)21-10-14-13(16-6-7-19(14,11-21)26-16)9-20-18(22)17-8-12-4-2-3-5-15(12)25-17/h2-5,8,13-14,16H,6-7,9-11H2,1H3,(H,20,22)/t13-,14+,16+,19+/m0/s1. The van der Waals surface area contributed by atoms with E-state index in [1.165, 1.54) is 10.6 Å². The Kier molecular flexibility index (Phi) is 3.70. The zero-order valence-electron chi connectivity index (χ0n) is 15.1. The molecule has 2 aromatic rings. The monoisotopic (exact) mass is 390 g/mol. The summed E-state index contributed by atoms with van der Waals surface area (Å²) in [5, 5.41) is 3.86. The second-order valence-electron chi connectivity index (χ2n) is 7.94. The Bertz CT molecular complexity index is 983. The number of hydrogen-bond acceptors (Lipinski definition) is 5. The van der Waals surface area contributed by atoms with Gasteiger partial charge < -0.3 is 14.5 Å². The van der Waals surface area contributed by atoms with Crippen LogP contribution in [-0.4, -0.2) is 56.2 Å². The minimum atomic E-state index is -3.24. The van der Waals surface area contributed by atoms with E-state index in [1.807, 2.05) is 24.3 Å². The fourth-order valence-corrected chi connectivity index (χ4v) is 5.95. The lowest BCUT2D eigenvalue weighted by Gasteiger charge is -2.29. The van der Waals surface area contributed by atoms with Crippen molar-refractivity contribution in [2.75, 3.05) is 25.9 Å². The van der Waals surface area contributed by atoms with Crippen molar-refractivity contribution in [2.24, 2.45) is 11.8 Å². The van der Waals surface area contributed by atoms with Crippen LogP contribution in [0.25, 0.3) is 11.0 Å². The number of benzene rings is 1. The van der Waals surface area contributed by atoms with E-state index in [2.05, 4.69) is 5.32 Å². The van der Waals surface area contributed by atoms with Gasteiger partial charge >= 0.3 is 0 Å². The number of fused-ring (bicyclic) bond motifs is 2. The lowest BCUT2D eigenvalue weighted by atomic mass is 9.73. The topological polar surface area (TPSA) is 88.9 Å². The molecule has 1 N–H and O–H groups in total. The molecule has 1 aromatic carbocycles. The average Bonchev–Trinajstić information content (AvgIpc) is 3.36. The first-order valence-corrected chi connectivity index (χ1v) is 11.1. The molecule has 0 radical (unpaired) electrons. The highest BCUT2D eigenvalue weighted by Crippen LogP contribution is 2.55. The second kappa shape index (κ2) is 5.80. The molecule has 5 rings (SSSR count). The maximum Gasteiger partial charge on any atom is 0.287 e. The maximum atomic E-state index is 12.5. The number of ether oxygens (including phenoxy) is 1. The lowest BCUT2D eigenvalue weighted by molar-refractivity contribution is 0.00800. The number of carbonyl (C=O) groups is 1. The summed E-state index contributed by atoms with van der Waals surface area (Å²) in [6, 6.07) is 9.25. The molecule has 2 bridgehead atoms. The molecule has 3 fully saturated rings. The Balaban J connectivity index is 1.30. The smallest absolute Gasteiger partial charge is 0.287 e. The van der Waals surface area contributed by atoms with E-state index in [0.717, 1.165) is 18.2 Å². The number of nitrogens with zero attached hydrogens (tertiary/aromatic N) is 1. The summed E-state index contributed by atoms with van der Waals surface area (Å²) in [6.45, 7) is 1.37. The fraction of sp³-hybridized carbons (Fsp3) is 0.526. The summed E-state index contributed by atoms with van der Waals surface area (Å²) >= 11 is 0. The number of carbonyl (C=O) groups excluding carboxylic acids is 1. The molecule has 0 unspecified atom stereocenters. The van der Waals surface area contributed by atoms with E-state index in [1.54, 1.807) is 6.07 Å². The molecule has 3 aliphatic heterocycles. The fourth-order valence-electron chi connectivity index (χ4n) is 5.07. The number of para-hydroxylation sites is 1. The third-order valence-corrected chi connectivity index (χ3v) is 7.59. The molecule has 27 heavy (non-hydrogen) atoms. The molecule has 1 spiro atoms. The van der Waals surface area contributed by atoms with E-state index in [0.29, 0.717) is 31.0 Å². The Morgan fingerprint density at radius 2 is 2.19 bits per heavy atom. The number of furan rings is 1. The van der Waals surface area contributed by atoms with E-state index in [9.17, 15) is 13.2 Å². The predicted octanol–water partition coefficient (Wildman–Crippen LogP) is 1.60. The SMILES string of the molecule is CS(=O)(=O)N1C[C@@H]2[C@H](CNC(=O)c3cc4ccccc4o3)[C@H]3CC[C@]2(C1)O3. The van der Waals surface area contributed by atoms with Crippen molar-refractivity contribution in [3.8, 4) is 0 Å². The maximum absolute atomic E-state index is 12.5. The Morgan fingerprint density at radius 1 is 1.37 bits per heavy atom. The van der Waals surface area contributed by atoms with Crippen LogP contribution in [0.5, 0.6) is 0 Å². The predicted molar refractivity (Wildman–Crippen MR) is 98.8 cm³/mol. The molecule has 7 nitrogen and oxygen atoms in total. The van der Waals surface area contributed by atoms with E-state index >= 15 is 0 Å². The van der Waals surface area contributed by atoms with E-state index in [4.69, 9.17) is 9.15 Å². The van der Waals surface area contributed by atoms with Crippen molar-refractivity contribution in [3.05, 3.63) is 36.1 Å². The van der Waals surface area contributed by atoms with Crippen LogP contribution in [-0.2, 0) is 14.8 Å². The number of sulfonamides is 1. The van der Waals surface area contributed by atoms with Crippen LogP contribution in [0.3, 0.4) is 0 Å². The molecule has 3 saturated heterocycles. The highest BCUT2D eigenvalue weighted by Gasteiger charge is 2.63. The summed E-state index contributed by atoms with van der Waals surface area (Å²) in [5.74, 6) is 0.293. The van der Waals surface area contributed by atoms with Crippen LogP contribution in [0.15, 0.2) is 34.7 Å². The Hall–Kier alpha value is -1.90. The average molecular weight is 390 g/mol. The van der Waals surface area contributed by atoms with Gasteiger partial charge in [-0.2, -0.15) is 4.31 Å². The van der Waals surface area contributed by atoms with Gasteiger partial charge in [-0.1, -0.05) is 18.2 Å². The molecule has 0 aliphatic carbocycles. The van der Waals surface area contributed by atoms with Gasteiger partial charge in [0.05, 0.1) is 18.0 Å². The van der Waals surface area contributed by atoms with Crippen LogP contribution in [0, 0.1) is 11.8 Å².